The van der Waals surface area contributed by atoms with Crippen LogP contribution in [-0.2, 0) is 6.54 Å². The molecule has 1 aromatic carbocycles. The molecular formula is C13H11ClFN3S. The van der Waals surface area contributed by atoms with Crippen LogP contribution in [0.4, 0.5) is 10.1 Å². The first-order valence-electron chi connectivity index (χ1n) is 5.55. The van der Waals surface area contributed by atoms with Crippen LogP contribution in [0.1, 0.15) is 5.69 Å². The van der Waals surface area contributed by atoms with Gasteiger partial charge in [-0.2, -0.15) is 0 Å². The largest absolute Gasteiger partial charge is 0.357 e. The molecule has 2 N–H and O–H groups in total. The van der Waals surface area contributed by atoms with Crippen molar-refractivity contribution < 1.29 is 4.39 Å². The summed E-state index contributed by atoms with van der Waals surface area (Å²) in [5.74, 6) is -0.319. The van der Waals surface area contributed by atoms with Crippen LogP contribution in [0.5, 0.6) is 0 Å². The molecule has 6 heteroatoms. The lowest BCUT2D eigenvalue weighted by Gasteiger charge is -2.10. The number of hydrogen-bond acceptors (Lipinski definition) is 2. The Morgan fingerprint density at radius 2 is 2.16 bits per heavy atom. The van der Waals surface area contributed by atoms with Gasteiger partial charge in [-0.3, -0.25) is 4.98 Å². The number of halogens is 2. The van der Waals surface area contributed by atoms with Gasteiger partial charge in [0.05, 0.1) is 17.3 Å². The van der Waals surface area contributed by atoms with Gasteiger partial charge in [-0.15, -0.1) is 0 Å². The van der Waals surface area contributed by atoms with E-state index in [-0.39, 0.29) is 5.82 Å². The minimum atomic E-state index is -0.319. The van der Waals surface area contributed by atoms with Crippen LogP contribution < -0.4 is 10.6 Å². The fraction of sp³-hybridized carbons (Fsp3) is 0.0769. The summed E-state index contributed by atoms with van der Waals surface area (Å²) >= 11 is 11.1. The standard InChI is InChI=1S/C13H11ClFN3S/c14-11-5-2-6-16-12(11)8-17-13(19)18-10-4-1-3-9(15)7-10/h1-7H,8H2,(H2,17,18,19). The number of nitrogens with one attached hydrogen (secondary N) is 2. The highest BCUT2D eigenvalue weighted by atomic mass is 35.5. The second-order valence-corrected chi connectivity index (χ2v) is 4.57. The summed E-state index contributed by atoms with van der Waals surface area (Å²) in [5, 5.41) is 6.80. The summed E-state index contributed by atoms with van der Waals surface area (Å²) in [6.45, 7) is 0.404. The smallest absolute Gasteiger partial charge is 0.171 e. The van der Waals surface area contributed by atoms with Crippen LogP contribution in [0.15, 0.2) is 42.6 Å². The molecule has 0 saturated heterocycles. The minimum absolute atomic E-state index is 0.319. The topological polar surface area (TPSA) is 37.0 Å². The summed E-state index contributed by atoms with van der Waals surface area (Å²) in [6.07, 6.45) is 1.66. The van der Waals surface area contributed by atoms with Gasteiger partial charge in [-0.05, 0) is 42.5 Å². The average Bonchev–Trinajstić information content (AvgIpc) is 2.38. The Hall–Kier alpha value is -1.72. The van der Waals surface area contributed by atoms with Crippen LogP contribution in [-0.4, -0.2) is 10.1 Å². The Balaban J connectivity index is 1.90. The van der Waals surface area contributed by atoms with E-state index in [2.05, 4.69) is 15.6 Å². The zero-order valence-electron chi connectivity index (χ0n) is 9.86. The quantitative estimate of drug-likeness (QED) is 0.852. The van der Waals surface area contributed by atoms with E-state index >= 15 is 0 Å². The van der Waals surface area contributed by atoms with Gasteiger partial charge < -0.3 is 10.6 Å². The number of hydrogen-bond donors (Lipinski definition) is 2. The van der Waals surface area contributed by atoms with E-state index in [1.807, 2.05) is 0 Å². The van der Waals surface area contributed by atoms with E-state index in [1.165, 1.54) is 12.1 Å². The summed E-state index contributed by atoms with van der Waals surface area (Å²) < 4.78 is 13.0. The van der Waals surface area contributed by atoms with E-state index < -0.39 is 0 Å². The molecule has 0 fully saturated rings. The molecule has 1 heterocycles. The summed E-state index contributed by atoms with van der Waals surface area (Å²) in [6, 6.07) is 9.58. The summed E-state index contributed by atoms with van der Waals surface area (Å²) in [4.78, 5) is 4.13. The molecule has 0 atom stereocenters. The molecule has 0 aliphatic carbocycles. The molecule has 19 heavy (non-hydrogen) atoms. The number of aromatic nitrogens is 1. The van der Waals surface area contributed by atoms with Crippen molar-refractivity contribution in [2.45, 2.75) is 6.54 Å². The maximum absolute atomic E-state index is 13.0. The third-order valence-corrected chi connectivity index (χ3v) is 2.92. The van der Waals surface area contributed by atoms with Crippen LogP contribution in [0.3, 0.4) is 0 Å². The third-order valence-electron chi connectivity index (χ3n) is 2.33. The molecule has 0 amide bonds. The van der Waals surface area contributed by atoms with Gasteiger partial charge >= 0.3 is 0 Å². The molecule has 0 radical (unpaired) electrons. The van der Waals surface area contributed by atoms with Crippen LogP contribution in [0.25, 0.3) is 0 Å². The monoisotopic (exact) mass is 295 g/mol. The summed E-state index contributed by atoms with van der Waals surface area (Å²) in [7, 11) is 0. The first-order chi connectivity index (χ1) is 9.15. The lowest BCUT2D eigenvalue weighted by atomic mass is 10.3. The minimum Gasteiger partial charge on any atom is -0.357 e. The molecule has 0 saturated carbocycles. The molecule has 98 valence electrons. The highest BCUT2D eigenvalue weighted by Gasteiger charge is 2.02. The van der Waals surface area contributed by atoms with Crippen LogP contribution >= 0.6 is 23.8 Å². The van der Waals surface area contributed by atoms with Crippen molar-refractivity contribution in [3.8, 4) is 0 Å². The van der Waals surface area contributed by atoms with E-state index in [4.69, 9.17) is 23.8 Å². The van der Waals surface area contributed by atoms with Crippen molar-refractivity contribution in [2.24, 2.45) is 0 Å². The van der Waals surface area contributed by atoms with Crippen molar-refractivity contribution >= 4 is 34.6 Å². The second-order valence-electron chi connectivity index (χ2n) is 3.75. The Morgan fingerprint density at radius 3 is 2.89 bits per heavy atom. The van der Waals surface area contributed by atoms with Gasteiger partial charge in [0.25, 0.3) is 0 Å². The lowest BCUT2D eigenvalue weighted by molar-refractivity contribution is 0.628. The van der Waals surface area contributed by atoms with Gasteiger partial charge in [0.15, 0.2) is 5.11 Å². The van der Waals surface area contributed by atoms with E-state index in [1.54, 1.807) is 30.5 Å². The molecule has 0 aliphatic rings. The third kappa shape index (κ3) is 4.15. The Morgan fingerprint density at radius 1 is 1.32 bits per heavy atom. The van der Waals surface area contributed by atoms with Crippen LogP contribution in [0.2, 0.25) is 5.02 Å². The van der Waals surface area contributed by atoms with Crippen molar-refractivity contribution in [2.75, 3.05) is 5.32 Å². The van der Waals surface area contributed by atoms with Crippen molar-refractivity contribution in [3.05, 3.63) is 59.1 Å². The molecule has 0 spiro atoms. The van der Waals surface area contributed by atoms with Gasteiger partial charge in [0.2, 0.25) is 0 Å². The van der Waals surface area contributed by atoms with E-state index in [0.717, 1.165) is 0 Å². The first-order valence-corrected chi connectivity index (χ1v) is 6.33. The number of pyridine rings is 1. The second kappa shape index (κ2) is 6.45. The van der Waals surface area contributed by atoms with Crippen molar-refractivity contribution in [3.63, 3.8) is 0 Å². The number of anilines is 1. The predicted octanol–water partition coefficient (Wildman–Crippen LogP) is 3.36. The van der Waals surface area contributed by atoms with Gasteiger partial charge in [0.1, 0.15) is 5.82 Å². The summed E-state index contributed by atoms with van der Waals surface area (Å²) in [5.41, 5.74) is 1.29. The Labute approximate surface area is 120 Å². The zero-order chi connectivity index (χ0) is 13.7. The normalized spacial score (nSPS) is 10.0. The molecule has 0 unspecified atom stereocenters. The van der Waals surface area contributed by atoms with Crippen molar-refractivity contribution in [1.82, 2.24) is 10.3 Å². The maximum Gasteiger partial charge on any atom is 0.171 e. The molecule has 0 bridgehead atoms. The Kier molecular flexibility index (Phi) is 4.65. The molecule has 2 aromatic rings. The molecule has 3 nitrogen and oxygen atoms in total. The molecule has 2 rings (SSSR count). The first kappa shape index (κ1) is 13.7. The predicted molar refractivity (Wildman–Crippen MR) is 78.7 cm³/mol. The number of nitrogens with zero attached hydrogens (tertiary/aromatic N) is 1. The number of benzene rings is 1. The van der Waals surface area contributed by atoms with Gasteiger partial charge in [0, 0.05) is 11.9 Å². The fourth-order valence-electron chi connectivity index (χ4n) is 1.45. The van der Waals surface area contributed by atoms with E-state index in [0.29, 0.717) is 28.1 Å². The van der Waals surface area contributed by atoms with Crippen LogP contribution in [0, 0.1) is 5.82 Å². The number of rotatable bonds is 3. The lowest BCUT2D eigenvalue weighted by Crippen LogP contribution is -2.28. The highest BCUT2D eigenvalue weighted by Crippen LogP contribution is 2.12. The zero-order valence-corrected chi connectivity index (χ0v) is 11.4. The van der Waals surface area contributed by atoms with Gasteiger partial charge in [-0.25, -0.2) is 4.39 Å². The fourth-order valence-corrected chi connectivity index (χ4v) is 1.83. The Bertz CT molecular complexity index is 592. The molecular weight excluding hydrogens is 285 g/mol. The van der Waals surface area contributed by atoms with Crippen molar-refractivity contribution in [1.29, 1.82) is 0 Å². The highest BCUT2D eigenvalue weighted by molar-refractivity contribution is 7.80. The molecule has 0 aliphatic heterocycles. The maximum atomic E-state index is 13.0. The number of thiocarbonyl (C=S) groups is 1. The van der Waals surface area contributed by atoms with Gasteiger partial charge in [-0.1, -0.05) is 17.7 Å². The average molecular weight is 296 g/mol. The molecule has 1 aromatic heterocycles. The van der Waals surface area contributed by atoms with E-state index in [9.17, 15) is 4.39 Å². The SMILES string of the molecule is Fc1cccc(NC(=S)NCc2ncccc2Cl)c1.